The monoisotopic (exact) mass is 283 g/mol. The van der Waals surface area contributed by atoms with Gasteiger partial charge in [-0.05, 0) is 64.2 Å². The van der Waals surface area contributed by atoms with Crippen molar-refractivity contribution < 1.29 is 9.84 Å². The van der Waals surface area contributed by atoms with E-state index in [1.54, 1.807) is 0 Å². The topological polar surface area (TPSA) is 41.5 Å². The number of aliphatic hydroxyl groups is 1. The van der Waals surface area contributed by atoms with Gasteiger partial charge in [0.1, 0.15) is 0 Å². The third-order valence-corrected chi connectivity index (χ3v) is 5.19. The molecule has 0 aromatic heterocycles. The minimum absolute atomic E-state index is 0.186. The van der Waals surface area contributed by atoms with E-state index < -0.39 is 0 Å². The third-order valence-electron chi connectivity index (χ3n) is 5.19. The lowest BCUT2D eigenvalue weighted by Gasteiger charge is -2.36. The van der Waals surface area contributed by atoms with E-state index in [9.17, 15) is 5.11 Å². The van der Waals surface area contributed by atoms with Crippen molar-refractivity contribution in [2.75, 3.05) is 6.61 Å². The van der Waals surface area contributed by atoms with Crippen LogP contribution in [0.2, 0.25) is 0 Å². The van der Waals surface area contributed by atoms with Crippen LogP contribution < -0.4 is 5.32 Å². The highest BCUT2D eigenvalue weighted by molar-refractivity contribution is 4.93. The van der Waals surface area contributed by atoms with Gasteiger partial charge in [0.05, 0.1) is 18.8 Å². The van der Waals surface area contributed by atoms with E-state index in [1.807, 2.05) is 0 Å². The molecule has 0 amide bonds. The number of hydrogen-bond donors (Lipinski definition) is 2. The molecular weight excluding hydrogens is 250 g/mol. The van der Waals surface area contributed by atoms with Crippen molar-refractivity contribution in [2.24, 2.45) is 11.8 Å². The summed E-state index contributed by atoms with van der Waals surface area (Å²) in [6, 6.07) is 0.620. The fourth-order valence-corrected chi connectivity index (χ4v) is 3.52. The van der Waals surface area contributed by atoms with Gasteiger partial charge in [0, 0.05) is 11.6 Å². The Labute approximate surface area is 124 Å². The predicted octanol–water partition coefficient (Wildman–Crippen LogP) is 3.11. The van der Waals surface area contributed by atoms with E-state index in [1.165, 1.54) is 32.1 Å². The van der Waals surface area contributed by atoms with Crippen LogP contribution in [-0.4, -0.2) is 35.5 Å². The smallest absolute Gasteiger partial charge is 0.0611 e. The van der Waals surface area contributed by atoms with Crippen LogP contribution in [0.25, 0.3) is 0 Å². The molecule has 118 valence electrons. The number of aliphatic hydroxyl groups excluding tert-OH is 1. The summed E-state index contributed by atoms with van der Waals surface area (Å²) >= 11 is 0. The van der Waals surface area contributed by atoms with E-state index in [-0.39, 0.29) is 18.2 Å². The van der Waals surface area contributed by atoms with Crippen LogP contribution in [0.5, 0.6) is 0 Å². The molecule has 0 aromatic carbocycles. The molecule has 2 aliphatic carbocycles. The summed E-state index contributed by atoms with van der Waals surface area (Å²) in [5.41, 5.74) is -0.186. The van der Waals surface area contributed by atoms with Crippen molar-refractivity contribution >= 4 is 0 Å². The Morgan fingerprint density at radius 2 is 1.90 bits per heavy atom. The Morgan fingerprint density at radius 3 is 2.45 bits per heavy atom. The lowest BCUT2D eigenvalue weighted by molar-refractivity contribution is -0.0548. The molecule has 0 aliphatic heterocycles. The van der Waals surface area contributed by atoms with Crippen molar-refractivity contribution in [2.45, 2.75) is 90.0 Å². The van der Waals surface area contributed by atoms with E-state index in [0.717, 1.165) is 18.3 Å². The van der Waals surface area contributed by atoms with Gasteiger partial charge in [-0.1, -0.05) is 13.8 Å². The first-order valence-corrected chi connectivity index (χ1v) is 8.46. The first kappa shape index (κ1) is 16.3. The maximum Gasteiger partial charge on any atom is 0.0611 e. The Hall–Kier alpha value is -0.120. The number of ether oxygens (including phenoxy) is 1. The standard InChI is InChI=1S/C17H33NO2/c1-12-5-8-16(9-13(12)2)20-14(3)10-17(4,11-19)18-15-6-7-15/h12-16,18-19H,5-11H2,1-4H3. The van der Waals surface area contributed by atoms with Gasteiger partial charge in [0.15, 0.2) is 0 Å². The predicted molar refractivity (Wildman–Crippen MR) is 82.8 cm³/mol. The van der Waals surface area contributed by atoms with Crippen molar-refractivity contribution in [1.29, 1.82) is 0 Å². The van der Waals surface area contributed by atoms with Crippen LogP contribution in [0, 0.1) is 11.8 Å². The minimum atomic E-state index is -0.186. The number of rotatable bonds is 7. The van der Waals surface area contributed by atoms with E-state index in [0.29, 0.717) is 12.1 Å². The van der Waals surface area contributed by atoms with Crippen molar-refractivity contribution in [3.8, 4) is 0 Å². The normalized spacial score (nSPS) is 35.5. The maximum atomic E-state index is 9.68. The Morgan fingerprint density at radius 1 is 1.20 bits per heavy atom. The van der Waals surface area contributed by atoms with Crippen molar-refractivity contribution in [3.05, 3.63) is 0 Å². The summed E-state index contributed by atoms with van der Waals surface area (Å²) in [7, 11) is 0. The highest BCUT2D eigenvalue weighted by atomic mass is 16.5. The zero-order valence-corrected chi connectivity index (χ0v) is 13.7. The van der Waals surface area contributed by atoms with Gasteiger partial charge in [-0.15, -0.1) is 0 Å². The molecular formula is C17H33NO2. The Kier molecular flexibility index (Phi) is 5.49. The summed E-state index contributed by atoms with van der Waals surface area (Å²) in [6.45, 7) is 9.17. The van der Waals surface area contributed by atoms with Crippen LogP contribution in [-0.2, 0) is 4.74 Å². The van der Waals surface area contributed by atoms with Crippen LogP contribution in [0.1, 0.15) is 66.2 Å². The molecule has 0 spiro atoms. The average Bonchev–Trinajstić information content (AvgIpc) is 3.17. The highest BCUT2D eigenvalue weighted by Crippen LogP contribution is 2.32. The molecule has 5 atom stereocenters. The molecule has 5 unspecified atom stereocenters. The third kappa shape index (κ3) is 4.71. The molecule has 2 aliphatic rings. The molecule has 0 bridgehead atoms. The second-order valence-corrected chi connectivity index (χ2v) is 7.68. The molecule has 0 radical (unpaired) electrons. The molecule has 2 rings (SSSR count). The summed E-state index contributed by atoms with van der Waals surface area (Å²) in [4.78, 5) is 0. The Bertz CT molecular complexity index is 305. The van der Waals surface area contributed by atoms with Gasteiger partial charge in [0.25, 0.3) is 0 Å². The minimum Gasteiger partial charge on any atom is -0.394 e. The van der Waals surface area contributed by atoms with E-state index in [4.69, 9.17) is 4.74 Å². The van der Waals surface area contributed by atoms with Gasteiger partial charge < -0.3 is 15.2 Å². The van der Waals surface area contributed by atoms with Crippen LogP contribution >= 0.6 is 0 Å². The molecule has 0 saturated heterocycles. The zero-order chi connectivity index (χ0) is 14.8. The van der Waals surface area contributed by atoms with E-state index >= 15 is 0 Å². The Balaban J connectivity index is 1.77. The lowest BCUT2D eigenvalue weighted by atomic mass is 9.80. The molecule has 3 heteroatoms. The quantitative estimate of drug-likeness (QED) is 0.754. The van der Waals surface area contributed by atoms with Crippen LogP contribution in [0.15, 0.2) is 0 Å². The average molecular weight is 283 g/mol. The fraction of sp³-hybridized carbons (Fsp3) is 1.00. The highest BCUT2D eigenvalue weighted by Gasteiger charge is 2.34. The second kappa shape index (κ2) is 6.76. The van der Waals surface area contributed by atoms with Crippen molar-refractivity contribution in [3.63, 3.8) is 0 Å². The second-order valence-electron chi connectivity index (χ2n) is 7.68. The van der Waals surface area contributed by atoms with Gasteiger partial charge in [0.2, 0.25) is 0 Å². The molecule has 2 fully saturated rings. The fourth-order valence-electron chi connectivity index (χ4n) is 3.52. The molecule has 0 heterocycles. The van der Waals surface area contributed by atoms with E-state index in [2.05, 4.69) is 33.0 Å². The molecule has 0 aromatic rings. The number of nitrogens with one attached hydrogen (secondary N) is 1. The van der Waals surface area contributed by atoms with Gasteiger partial charge >= 0.3 is 0 Å². The summed E-state index contributed by atoms with van der Waals surface area (Å²) < 4.78 is 6.26. The van der Waals surface area contributed by atoms with Gasteiger partial charge in [-0.2, -0.15) is 0 Å². The lowest BCUT2D eigenvalue weighted by Crippen LogP contribution is -2.49. The largest absolute Gasteiger partial charge is 0.394 e. The summed E-state index contributed by atoms with van der Waals surface area (Å²) in [6.07, 6.45) is 7.70. The SMILES string of the molecule is CC(CC(C)(CO)NC1CC1)OC1CCC(C)C(C)C1. The van der Waals surface area contributed by atoms with Gasteiger partial charge in [-0.25, -0.2) is 0 Å². The first-order chi connectivity index (χ1) is 9.42. The molecule has 2 N–H and O–H groups in total. The summed E-state index contributed by atoms with van der Waals surface area (Å²) in [5.74, 6) is 1.61. The zero-order valence-electron chi connectivity index (χ0n) is 13.7. The number of hydrogen-bond acceptors (Lipinski definition) is 3. The van der Waals surface area contributed by atoms with Crippen LogP contribution in [0.4, 0.5) is 0 Å². The first-order valence-electron chi connectivity index (χ1n) is 8.46. The molecule has 20 heavy (non-hydrogen) atoms. The summed E-state index contributed by atoms with van der Waals surface area (Å²) in [5, 5.41) is 13.2. The molecule has 3 nitrogen and oxygen atoms in total. The molecule has 2 saturated carbocycles. The van der Waals surface area contributed by atoms with Crippen molar-refractivity contribution in [1.82, 2.24) is 5.32 Å². The van der Waals surface area contributed by atoms with Gasteiger partial charge in [-0.3, -0.25) is 0 Å². The van der Waals surface area contributed by atoms with Crippen LogP contribution in [0.3, 0.4) is 0 Å². The maximum absolute atomic E-state index is 9.68.